The number of aromatic nitrogens is 1. The van der Waals surface area contributed by atoms with Crippen LogP contribution in [-0.2, 0) is 0 Å². The first-order chi connectivity index (χ1) is 14.2. The fraction of sp³-hybridized carbons (Fsp3) is 0. The summed E-state index contributed by atoms with van der Waals surface area (Å²) in [6.45, 7) is 0. The van der Waals surface area contributed by atoms with Crippen LogP contribution in [0.4, 0.5) is 0 Å². The number of carbonyl (C=O) groups excluding carboxylic acids is 1. The van der Waals surface area contributed by atoms with Crippen LogP contribution >= 0.6 is 0 Å². The van der Waals surface area contributed by atoms with Gasteiger partial charge in [0.25, 0.3) is 5.91 Å². The summed E-state index contributed by atoms with van der Waals surface area (Å²) in [5.74, 6) is -0.551. The number of nitrogens with one attached hydrogen (secondary N) is 2. The van der Waals surface area contributed by atoms with E-state index in [0.717, 1.165) is 38.1 Å². The van der Waals surface area contributed by atoms with Crippen molar-refractivity contribution in [3.63, 3.8) is 0 Å². The summed E-state index contributed by atoms with van der Waals surface area (Å²) < 4.78 is 0. The second-order valence-electron chi connectivity index (χ2n) is 6.86. The lowest BCUT2D eigenvalue weighted by Gasteiger charge is -2.07. The summed E-state index contributed by atoms with van der Waals surface area (Å²) in [5.41, 5.74) is 5.50. The maximum atomic E-state index is 12.5. The van der Waals surface area contributed by atoms with Crippen LogP contribution in [0.15, 0.2) is 84.0 Å². The zero-order chi connectivity index (χ0) is 19.8. The molecule has 5 rings (SSSR count). The van der Waals surface area contributed by atoms with E-state index in [0.29, 0.717) is 0 Å². The molecule has 0 radical (unpaired) electrons. The number of aromatic hydroxyl groups is 1. The minimum atomic E-state index is -0.465. The Labute approximate surface area is 166 Å². The highest BCUT2D eigenvalue weighted by molar-refractivity contribution is 6.18. The molecule has 5 heteroatoms. The Hall–Kier alpha value is -4.12. The first kappa shape index (κ1) is 17.0. The van der Waals surface area contributed by atoms with Crippen LogP contribution in [0.2, 0.25) is 0 Å². The Balaban J connectivity index is 1.52. The number of H-pyrrole nitrogens is 1. The van der Waals surface area contributed by atoms with E-state index in [1.165, 1.54) is 0 Å². The molecule has 0 fully saturated rings. The highest BCUT2D eigenvalue weighted by Crippen LogP contribution is 2.34. The molecule has 0 spiro atoms. The van der Waals surface area contributed by atoms with Gasteiger partial charge in [-0.3, -0.25) is 4.79 Å². The highest BCUT2D eigenvalue weighted by atomic mass is 16.3. The van der Waals surface area contributed by atoms with E-state index in [4.69, 9.17) is 0 Å². The smallest absolute Gasteiger partial charge is 0.275 e. The van der Waals surface area contributed by atoms with E-state index in [1.807, 2.05) is 60.7 Å². The molecule has 140 valence electrons. The van der Waals surface area contributed by atoms with Crippen molar-refractivity contribution in [1.29, 1.82) is 0 Å². The summed E-state index contributed by atoms with van der Waals surface area (Å²) >= 11 is 0. The van der Waals surface area contributed by atoms with Gasteiger partial charge in [-0.15, -0.1) is 0 Å². The third kappa shape index (κ3) is 2.99. The molecule has 0 bridgehead atoms. The molecule has 0 saturated carbocycles. The molecule has 1 aromatic heterocycles. The van der Waals surface area contributed by atoms with E-state index in [9.17, 15) is 9.90 Å². The number of hydrazone groups is 1. The number of fused-ring (bicyclic) bond motifs is 5. The molecule has 1 heterocycles. The average Bonchev–Trinajstić information content (AvgIpc) is 3.13. The van der Waals surface area contributed by atoms with Crippen LogP contribution < -0.4 is 5.43 Å². The Kier molecular flexibility index (Phi) is 3.99. The Morgan fingerprint density at radius 3 is 2.55 bits per heavy atom. The molecular weight excluding hydrogens is 362 g/mol. The van der Waals surface area contributed by atoms with Crippen LogP contribution in [0.25, 0.3) is 32.6 Å². The number of rotatable bonds is 3. The van der Waals surface area contributed by atoms with E-state index in [2.05, 4.69) is 21.6 Å². The van der Waals surface area contributed by atoms with Gasteiger partial charge < -0.3 is 10.1 Å². The summed E-state index contributed by atoms with van der Waals surface area (Å²) in [7, 11) is 0. The SMILES string of the molecule is O=C(N/N=C\c1ccccc1)c1cc2ccc3c4ccccc4[nH]c3c2cc1O. The third-order valence-corrected chi connectivity index (χ3v) is 5.04. The van der Waals surface area contributed by atoms with Gasteiger partial charge in [0.05, 0.1) is 17.3 Å². The van der Waals surface area contributed by atoms with Crippen molar-refractivity contribution in [3.8, 4) is 5.75 Å². The van der Waals surface area contributed by atoms with Crippen molar-refractivity contribution < 1.29 is 9.90 Å². The number of hydrogen-bond donors (Lipinski definition) is 3. The van der Waals surface area contributed by atoms with E-state index in [1.54, 1.807) is 18.3 Å². The molecule has 0 unspecified atom stereocenters. The number of hydrogen-bond acceptors (Lipinski definition) is 3. The van der Waals surface area contributed by atoms with E-state index >= 15 is 0 Å². The summed E-state index contributed by atoms with van der Waals surface area (Å²) in [6.07, 6.45) is 1.56. The maximum Gasteiger partial charge on any atom is 0.275 e. The van der Waals surface area contributed by atoms with E-state index in [-0.39, 0.29) is 11.3 Å². The van der Waals surface area contributed by atoms with Crippen LogP contribution in [0.5, 0.6) is 5.75 Å². The molecule has 0 aliphatic rings. The lowest BCUT2D eigenvalue weighted by molar-refractivity contribution is 0.0952. The number of phenols is 1. The molecular formula is C24H17N3O2. The number of nitrogens with zero attached hydrogens (tertiary/aromatic N) is 1. The first-order valence-electron chi connectivity index (χ1n) is 9.25. The normalized spacial score (nSPS) is 11.6. The Bertz CT molecular complexity index is 1400. The molecule has 0 aliphatic heterocycles. The number of aromatic amines is 1. The fourth-order valence-electron chi connectivity index (χ4n) is 3.63. The van der Waals surface area contributed by atoms with Crippen molar-refractivity contribution in [2.45, 2.75) is 0 Å². The topological polar surface area (TPSA) is 77.5 Å². The molecule has 0 saturated heterocycles. The van der Waals surface area contributed by atoms with Crippen molar-refractivity contribution >= 4 is 44.7 Å². The molecule has 5 aromatic rings. The van der Waals surface area contributed by atoms with Gasteiger partial charge in [-0.25, -0.2) is 5.43 Å². The second kappa shape index (κ2) is 6.80. The number of benzene rings is 4. The van der Waals surface area contributed by atoms with E-state index < -0.39 is 5.91 Å². The maximum absolute atomic E-state index is 12.5. The first-order valence-corrected chi connectivity index (χ1v) is 9.25. The lowest BCUT2D eigenvalue weighted by atomic mass is 10.0. The summed E-state index contributed by atoms with van der Waals surface area (Å²) in [4.78, 5) is 15.9. The van der Waals surface area contributed by atoms with Crippen LogP contribution in [-0.4, -0.2) is 22.2 Å². The number of amides is 1. The van der Waals surface area contributed by atoms with Crippen molar-refractivity contribution in [1.82, 2.24) is 10.4 Å². The molecule has 4 aromatic carbocycles. The van der Waals surface area contributed by atoms with Gasteiger partial charge >= 0.3 is 0 Å². The molecule has 0 atom stereocenters. The minimum Gasteiger partial charge on any atom is -0.507 e. The van der Waals surface area contributed by atoms with Crippen LogP contribution in [0.3, 0.4) is 0 Å². The van der Waals surface area contributed by atoms with Gasteiger partial charge in [-0.05, 0) is 29.1 Å². The monoisotopic (exact) mass is 379 g/mol. The lowest BCUT2D eigenvalue weighted by Crippen LogP contribution is -2.17. The largest absolute Gasteiger partial charge is 0.507 e. The highest BCUT2D eigenvalue weighted by Gasteiger charge is 2.14. The number of carbonyl (C=O) groups is 1. The Morgan fingerprint density at radius 1 is 0.897 bits per heavy atom. The minimum absolute atomic E-state index is 0.0870. The Morgan fingerprint density at radius 2 is 1.69 bits per heavy atom. The molecule has 29 heavy (non-hydrogen) atoms. The standard InChI is InChI=1S/C24H17N3O2/c28-22-13-19-16(10-11-18-17-8-4-5-9-21(17)26-23(18)19)12-20(22)24(29)27-25-14-15-6-2-1-3-7-15/h1-14,26,28H,(H,27,29)/b25-14-. The zero-order valence-corrected chi connectivity index (χ0v) is 15.4. The predicted molar refractivity (Wildman–Crippen MR) is 116 cm³/mol. The molecule has 5 nitrogen and oxygen atoms in total. The van der Waals surface area contributed by atoms with Gasteiger partial charge in [0.15, 0.2) is 0 Å². The fourth-order valence-corrected chi connectivity index (χ4v) is 3.63. The van der Waals surface area contributed by atoms with Crippen LogP contribution in [0.1, 0.15) is 15.9 Å². The zero-order valence-electron chi connectivity index (χ0n) is 15.4. The molecule has 0 aliphatic carbocycles. The molecule has 3 N–H and O–H groups in total. The quantitative estimate of drug-likeness (QED) is 0.307. The predicted octanol–water partition coefficient (Wildman–Crippen LogP) is 4.94. The van der Waals surface area contributed by atoms with Gasteiger partial charge in [0.2, 0.25) is 0 Å². The second-order valence-corrected chi connectivity index (χ2v) is 6.86. The van der Waals surface area contributed by atoms with Gasteiger partial charge in [0.1, 0.15) is 5.75 Å². The summed E-state index contributed by atoms with van der Waals surface area (Å²) in [5, 5.41) is 18.4. The van der Waals surface area contributed by atoms with Crippen molar-refractivity contribution in [2.75, 3.05) is 0 Å². The molecule has 1 amide bonds. The van der Waals surface area contributed by atoms with Gasteiger partial charge in [-0.2, -0.15) is 5.10 Å². The van der Waals surface area contributed by atoms with Gasteiger partial charge in [0, 0.05) is 21.7 Å². The summed E-state index contributed by atoms with van der Waals surface area (Å²) in [6, 6.07) is 24.8. The average molecular weight is 379 g/mol. The van der Waals surface area contributed by atoms with Gasteiger partial charge in [-0.1, -0.05) is 60.7 Å². The number of para-hydroxylation sites is 1. The number of phenolic OH excluding ortho intramolecular Hbond substituents is 1. The van der Waals surface area contributed by atoms with Crippen LogP contribution in [0, 0.1) is 0 Å². The third-order valence-electron chi connectivity index (χ3n) is 5.04. The van der Waals surface area contributed by atoms with Crippen molar-refractivity contribution in [3.05, 3.63) is 90.0 Å². The van der Waals surface area contributed by atoms with Crippen molar-refractivity contribution in [2.24, 2.45) is 5.10 Å².